The van der Waals surface area contributed by atoms with Crippen molar-refractivity contribution in [3.05, 3.63) is 53.7 Å². The largest absolute Gasteiger partial charge is 0.487 e. The number of benzene rings is 1. The molecule has 0 fully saturated rings. The van der Waals surface area contributed by atoms with E-state index in [0.717, 1.165) is 29.1 Å². The van der Waals surface area contributed by atoms with Crippen molar-refractivity contribution >= 4 is 30.1 Å². The highest BCUT2D eigenvalue weighted by molar-refractivity contribution is 7.85. The van der Waals surface area contributed by atoms with Gasteiger partial charge in [-0.2, -0.15) is 8.42 Å². The minimum atomic E-state index is -3.51. The fraction of sp³-hybridized carbons (Fsp3) is 0.417. The van der Waals surface area contributed by atoms with E-state index in [1.54, 1.807) is 24.4 Å². The second-order valence-corrected chi connectivity index (χ2v) is 16.7. The standard InChI is InChI=1S/C24H33N3O6SSi/c1-34(28,29)31-16-21-13-18-5-7-20(14-23(18)32-21)33-24-8-6-19(15-26-24)22(9-10-25)27-17-30-11-12-35(2,3)4/h5-10,14-15,21,25,27H,11-13,16-17H2,1-4H3/b22-9-,25-10?. The van der Waals surface area contributed by atoms with Crippen LogP contribution >= 0.6 is 0 Å². The first-order valence-corrected chi connectivity index (χ1v) is 16.9. The minimum absolute atomic E-state index is 0.0320. The van der Waals surface area contributed by atoms with Gasteiger partial charge in [-0.15, -0.1) is 0 Å². The molecular formula is C24H33N3O6SSi. The fourth-order valence-electron chi connectivity index (χ4n) is 3.28. The molecule has 1 aliphatic heterocycles. The summed E-state index contributed by atoms with van der Waals surface area (Å²) in [7, 11) is -4.65. The van der Waals surface area contributed by atoms with Crippen LogP contribution < -0.4 is 14.8 Å². The number of nitrogens with zero attached hydrogens (tertiary/aromatic N) is 1. The summed E-state index contributed by atoms with van der Waals surface area (Å²) >= 11 is 0. The van der Waals surface area contributed by atoms with E-state index in [2.05, 4.69) is 29.9 Å². The van der Waals surface area contributed by atoms with Crippen molar-refractivity contribution in [3.8, 4) is 17.4 Å². The molecule has 1 atom stereocenters. The molecule has 0 saturated carbocycles. The van der Waals surface area contributed by atoms with Gasteiger partial charge in [-0.3, -0.25) is 4.18 Å². The Bertz CT molecular complexity index is 1150. The number of pyridine rings is 1. The summed E-state index contributed by atoms with van der Waals surface area (Å²) in [6.45, 7) is 7.96. The zero-order valence-electron chi connectivity index (χ0n) is 20.5. The van der Waals surface area contributed by atoms with Gasteiger partial charge in [0.2, 0.25) is 5.88 Å². The molecule has 1 aromatic carbocycles. The molecule has 0 amide bonds. The predicted octanol–water partition coefficient (Wildman–Crippen LogP) is 4.05. The third kappa shape index (κ3) is 9.09. The van der Waals surface area contributed by atoms with Gasteiger partial charge in [0.1, 0.15) is 30.9 Å². The van der Waals surface area contributed by atoms with Crippen LogP contribution in [0.15, 0.2) is 42.6 Å². The van der Waals surface area contributed by atoms with Crippen LogP contribution in [0.1, 0.15) is 11.1 Å². The van der Waals surface area contributed by atoms with E-state index in [9.17, 15) is 8.42 Å². The average Bonchev–Trinajstić information content (AvgIpc) is 3.18. The Morgan fingerprint density at radius 3 is 2.74 bits per heavy atom. The molecule has 9 nitrogen and oxygen atoms in total. The molecule has 2 heterocycles. The molecule has 1 aromatic heterocycles. The molecule has 0 radical (unpaired) electrons. The van der Waals surface area contributed by atoms with E-state index in [4.69, 9.17) is 23.8 Å². The van der Waals surface area contributed by atoms with Crippen molar-refractivity contribution in [1.29, 1.82) is 5.41 Å². The van der Waals surface area contributed by atoms with Crippen molar-refractivity contribution in [1.82, 2.24) is 10.3 Å². The molecule has 0 bridgehead atoms. The van der Waals surface area contributed by atoms with Crippen molar-refractivity contribution in [3.63, 3.8) is 0 Å². The van der Waals surface area contributed by atoms with Crippen molar-refractivity contribution in [2.75, 3.05) is 26.2 Å². The first-order chi connectivity index (χ1) is 16.5. The first kappa shape index (κ1) is 26.9. The highest BCUT2D eigenvalue weighted by atomic mass is 32.2. The molecule has 1 aliphatic rings. The van der Waals surface area contributed by atoms with Gasteiger partial charge in [0.25, 0.3) is 10.1 Å². The molecule has 0 saturated heterocycles. The SMILES string of the molecule is C[Si](C)(C)CCOCN/C(=C\C=N)c1ccc(Oc2ccc3c(c2)OC(COS(C)(=O)=O)C3)nc1. The van der Waals surface area contributed by atoms with E-state index >= 15 is 0 Å². The highest BCUT2D eigenvalue weighted by Gasteiger charge is 2.25. The van der Waals surface area contributed by atoms with Gasteiger partial charge in [-0.05, 0) is 29.8 Å². The van der Waals surface area contributed by atoms with Crippen LogP contribution in [0, 0.1) is 5.41 Å². The molecule has 1 unspecified atom stereocenters. The van der Waals surface area contributed by atoms with Gasteiger partial charge in [-0.25, -0.2) is 4.98 Å². The van der Waals surface area contributed by atoms with E-state index in [1.165, 1.54) is 6.21 Å². The maximum Gasteiger partial charge on any atom is 0.264 e. The van der Waals surface area contributed by atoms with Crippen LogP contribution in [0.4, 0.5) is 0 Å². The number of hydrogen-bond donors (Lipinski definition) is 2. The molecular weight excluding hydrogens is 486 g/mol. The number of ether oxygens (including phenoxy) is 3. The number of allylic oxidation sites excluding steroid dienone is 1. The lowest BCUT2D eigenvalue weighted by molar-refractivity contribution is 0.139. The molecule has 2 aromatic rings. The lowest BCUT2D eigenvalue weighted by atomic mass is 10.1. The predicted molar refractivity (Wildman–Crippen MR) is 139 cm³/mol. The van der Waals surface area contributed by atoms with Gasteiger partial charge in [0.15, 0.2) is 0 Å². The second kappa shape index (κ2) is 11.8. The molecule has 190 valence electrons. The van der Waals surface area contributed by atoms with Gasteiger partial charge < -0.3 is 24.9 Å². The number of nitrogens with one attached hydrogen (secondary N) is 2. The Kier molecular flexibility index (Phi) is 9.06. The lowest BCUT2D eigenvalue weighted by Gasteiger charge is -2.16. The Labute approximate surface area is 208 Å². The summed E-state index contributed by atoms with van der Waals surface area (Å²) in [5.74, 6) is 1.60. The van der Waals surface area contributed by atoms with Crippen LogP contribution in [0.5, 0.6) is 17.4 Å². The third-order valence-corrected chi connectivity index (χ3v) is 7.40. The number of hydrogen-bond acceptors (Lipinski definition) is 9. The first-order valence-electron chi connectivity index (χ1n) is 11.3. The quantitative estimate of drug-likeness (QED) is 0.134. The number of aromatic nitrogens is 1. The van der Waals surface area contributed by atoms with E-state index in [-0.39, 0.29) is 12.7 Å². The summed E-state index contributed by atoms with van der Waals surface area (Å²) in [6, 6.07) is 10.2. The summed E-state index contributed by atoms with van der Waals surface area (Å²) in [5.41, 5.74) is 2.50. The summed E-state index contributed by atoms with van der Waals surface area (Å²) < 4.78 is 44.6. The number of rotatable bonds is 13. The van der Waals surface area contributed by atoms with Crippen LogP contribution in [0.2, 0.25) is 25.7 Å². The Morgan fingerprint density at radius 1 is 1.29 bits per heavy atom. The average molecular weight is 520 g/mol. The maximum atomic E-state index is 11.2. The van der Waals surface area contributed by atoms with Crippen molar-refractivity contribution in [2.45, 2.75) is 38.2 Å². The zero-order chi connectivity index (χ0) is 25.5. The summed E-state index contributed by atoms with van der Waals surface area (Å²) in [4.78, 5) is 4.38. The second-order valence-electron chi connectivity index (χ2n) is 9.48. The van der Waals surface area contributed by atoms with Crippen molar-refractivity contribution < 1.29 is 26.8 Å². The Morgan fingerprint density at radius 2 is 2.09 bits per heavy atom. The third-order valence-electron chi connectivity index (χ3n) is 5.13. The van der Waals surface area contributed by atoms with E-state index in [1.807, 2.05) is 18.2 Å². The van der Waals surface area contributed by atoms with Crippen LogP contribution in [0.3, 0.4) is 0 Å². The van der Waals surface area contributed by atoms with Gasteiger partial charge in [0, 0.05) is 56.9 Å². The lowest BCUT2D eigenvalue weighted by Crippen LogP contribution is -2.24. The van der Waals surface area contributed by atoms with Gasteiger partial charge >= 0.3 is 0 Å². The number of fused-ring (bicyclic) bond motifs is 1. The van der Waals surface area contributed by atoms with Crippen molar-refractivity contribution in [2.24, 2.45) is 0 Å². The molecule has 3 rings (SSSR count). The van der Waals surface area contributed by atoms with Crippen LogP contribution in [-0.2, 0) is 25.5 Å². The molecule has 0 aliphatic carbocycles. The molecule has 2 N–H and O–H groups in total. The summed E-state index contributed by atoms with van der Waals surface area (Å²) in [6.07, 6.45) is 5.76. The zero-order valence-corrected chi connectivity index (χ0v) is 22.4. The van der Waals surface area contributed by atoms with E-state index < -0.39 is 18.2 Å². The fourth-order valence-corrected chi connectivity index (χ4v) is 4.43. The van der Waals surface area contributed by atoms with Gasteiger partial charge in [-0.1, -0.05) is 25.7 Å². The Balaban J connectivity index is 1.55. The highest BCUT2D eigenvalue weighted by Crippen LogP contribution is 2.34. The topological polar surface area (TPSA) is 120 Å². The van der Waals surface area contributed by atoms with Gasteiger partial charge in [0.05, 0.1) is 6.26 Å². The Hall–Kier alpha value is -2.73. The van der Waals surface area contributed by atoms with Crippen LogP contribution in [0.25, 0.3) is 5.70 Å². The molecule has 35 heavy (non-hydrogen) atoms. The van der Waals surface area contributed by atoms with Crippen LogP contribution in [-0.4, -0.2) is 60.0 Å². The smallest absolute Gasteiger partial charge is 0.264 e. The maximum absolute atomic E-state index is 11.2. The normalized spacial score (nSPS) is 15.9. The minimum Gasteiger partial charge on any atom is -0.487 e. The molecule has 11 heteroatoms. The molecule has 0 spiro atoms. The monoisotopic (exact) mass is 519 g/mol. The van der Waals surface area contributed by atoms with E-state index in [0.29, 0.717) is 37.1 Å². The summed E-state index contributed by atoms with van der Waals surface area (Å²) in [5, 5.41) is 10.6.